The predicted molar refractivity (Wildman–Crippen MR) is 59.2 cm³/mol. The zero-order valence-corrected chi connectivity index (χ0v) is 9.59. The molecule has 2 aromatic heterocycles. The van der Waals surface area contributed by atoms with Crippen molar-refractivity contribution in [3.8, 4) is 11.6 Å². The lowest BCUT2D eigenvalue weighted by Gasteiger charge is -2.03. The van der Waals surface area contributed by atoms with Gasteiger partial charge in [0.25, 0.3) is 0 Å². The number of aromatic nitrogens is 2. The molecule has 0 radical (unpaired) electrons. The molecule has 1 aliphatic rings. The maximum Gasteiger partial charge on any atom is 0.238 e. The Morgan fingerprint density at radius 2 is 2.35 bits per heavy atom. The van der Waals surface area contributed by atoms with Gasteiger partial charge in [0.2, 0.25) is 11.7 Å². The Morgan fingerprint density at radius 3 is 3.00 bits per heavy atom. The second-order valence-corrected chi connectivity index (χ2v) is 4.55. The van der Waals surface area contributed by atoms with Crippen LogP contribution in [0, 0.1) is 12.8 Å². The van der Waals surface area contributed by atoms with Crippen LogP contribution in [0.15, 0.2) is 21.3 Å². The van der Waals surface area contributed by atoms with Crippen molar-refractivity contribution in [3.05, 3.63) is 23.8 Å². The van der Waals surface area contributed by atoms with E-state index in [4.69, 9.17) is 8.94 Å². The second-order valence-electron chi connectivity index (χ2n) is 4.55. The Hall–Kier alpha value is -1.62. The summed E-state index contributed by atoms with van der Waals surface area (Å²) in [6.45, 7) is 1.92. The van der Waals surface area contributed by atoms with E-state index in [1.807, 2.05) is 13.0 Å². The van der Waals surface area contributed by atoms with Crippen molar-refractivity contribution in [1.29, 1.82) is 0 Å². The summed E-state index contributed by atoms with van der Waals surface area (Å²) in [5.74, 6) is 1.96. The third-order valence-electron chi connectivity index (χ3n) is 3.08. The molecule has 5 nitrogen and oxygen atoms in total. The predicted octanol–water partition coefficient (Wildman–Crippen LogP) is 1.95. The minimum atomic E-state index is -0.360. The summed E-state index contributed by atoms with van der Waals surface area (Å²) in [6.07, 6.45) is 3.86. The summed E-state index contributed by atoms with van der Waals surface area (Å²) >= 11 is 0. The Kier molecular flexibility index (Phi) is 2.48. The molecule has 1 aliphatic carbocycles. The van der Waals surface area contributed by atoms with Crippen LogP contribution in [0.3, 0.4) is 0 Å². The molecule has 1 saturated carbocycles. The number of hydrogen-bond donors (Lipinski definition) is 1. The second kappa shape index (κ2) is 4.00. The van der Waals surface area contributed by atoms with E-state index in [1.54, 1.807) is 6.26 Å². The molecule has 17 heavy (non-hydrogen) atoms. The van der Waals surface area contributed by atoms with Gasteiger partial charge in [0.05, 0.1) is 18.8 Å². The highest BCUT2D eigenvalue weighted by atomic mass is 16.5. The van der Waals surface area contributed by atoms with Gasteiger partial charge in [-0.15, -0.1) is 0 Å². The van der Waals surface area contributed by atoms with E-state index >= 15 is 0 Å². The maximum absolute atomic E-state index is 9.79. The first-order valence-corrected chi connectivity index (χ1v) is 5.79. The van der Waals surface area contributed by atoms with Crippen molar-refractivity contribution in [2.45, 2.75) is 32.3 Å². The fourth-order valence-corrected chi connectivity index (χ4v) is 1.86. The van der Waals surface area contributed by atoms with Crippen molar-refractivity contribution in [2.75, 3.05) is 0 Å². The molecule has 1 unspecified atom stereocenters. The lowest BCUT2D eigenvalue weighted by Crippen LogP contribution is -2.12. The van der Waals surface area contributed by atoms with Gasteiger partial charge in [-0.3, -0.25) is 0 Å². The van der Waals surface area contributed by atoms with Crippen LogP contribution in [-0.4, -0.2) is 21.4 Å². The summed E-state index contributed by atoms with van der Waals surface area (Å²) < 4.78 is 10.4. The fraction of sp³-hybridized carbons (Fsp3) is 0.500. The summed E-state index contributed by atoms with van der Waals surface area (Å²) in [5.41, 5.74) is 0.972. The highest BCUT2D eigenvalue weighted by Crippen LogP contribution is 2.34. The van der Waals surface area contributed by atoms with E-state index < -0.39 is 0 Å². The number of furan rings is 1. The van der Waals surface area contributed by atoms with Crippen molar-refractivity contribution >= 4 is 0 Å². The Morgan fingerprint density at radius 1 is 1.53 bits per heavy atom. The van der Waals surface area contributed by atoms with Crippen molar-refractivity contribution in [2.24, 2.45) is 5.92 Å². The molecule has 0 aromatic carbocycles. The zero-order valence-electron chi connectivity index (χ0n) is 9.59. The lowest BCUT2D eigenvalue weighted by atomic mass is 10.2. The average molecular weight is 234 g/mol. The van der Waals surface area contributed by atoms with Gasteiger partial charge in [-0.1, -0.05) is 5.16 Å². The molecule has 90 valence electrons. The van der Waals surface area contributed by atoms with Crippen LogP contribution < -0.4 is 0 Å². The van der Waals surface area contributed by atoms with E-state index in [1.165, 1.54) is 0 Å². The number of aryl methyl sites for hydroxylation is 1. The van der Waals surface area contributed by atoms with Crippen molar-refractivity contribution < 1.29 is 14.0 Å². The molecule has 0 saturated heterocycles. The third-order valence-corrected chi connectivity index (χ3v) is 3.08. The molecule has 2 aromatic rings. The lowest BCUT2D eigenvalue weighted by molar-refractivity contribution is 0.140. The molecule has 3 rings (SSSR count). The molecule has 0 amide bonds. The van der Waals surface area contributed by atoms with Gasteiger partial charge < -0.3 is 14.0 Å². The minimum absolute atomic E-state index is 0.360. The van der Waals surface area contributed by atoms with Crippen LogP contribution in [0.25, 0.3) is 11.6 Å². The van der Waals surface area contributed by atoms with Crippen molar-refractivity contribution in [3.63, 3.8) is 0 Å². The normalized spacial score (nSPS) is 17.3. The number of nitrogens with zero attached hydrogens (tertiary/aromatic N) is 2. The molecule has 1 N–H and O–H groups in total. The molecule has 1 fully saturated rings. The van der Waals surface area contributed by atoms with E-state index in [0.717, 1.165) is 18.4 Å². The quantitative estimate of drug-likeness (QED) is 0.875. The number of rotatable bonds is 4. The van der Waals surface area contributed by atoms with Gasteiger partial charge in [0, 0.05) is 0 Å². The number of hydrogen-bond acceptors (Lipinski definition) is 5. The van der Waals surface area contributed by atoms with Gasteiger partial charge in [0.1, 0.15) is 0 Å². The van der Waals surface area contributed by atoms with Crippen LogP contribution in [0.4, 0.5) is 0 Å². The molecule has 0 bridgehead atoms. The van der Waals surface area contributed by atoms with Crippen molar-refractivity contribution in [1.82, 2.24) is 10.1 Å². The zero-order chi connectivity index (χ0) is 11.8. The third kappa shape index (κ3) is 2.10. The van der Waals surface area contributed by atoms with Crippen LogP contribution >= 0.6 is 0 Å². The molecule has 0 aliphatic heterocycles. The first-order chi connectivity index (χ1) is 8.24. The number of aliphatic hydroxyl groups is 1. The van der Waals surface area contributed by atoms with E-state index in [9.17, 15) is 5.11 Å². The van der Waals surface area contributed by atoms with Gasteiger partial charge in [0.15, 0.2) is 5.76 Å². The SMILES string of the molecule is Cc1ccoc1-c1noc(CC(O)C2CC2)n1. The average Bonchev–Trinajstić information content (AvgIpc) is 2.93. The molecule has 5 heteroatoms. The smallest absolute Gasteiger partial charge is 0.238 e. The van der Waals surface area contributed by atoms with Gasteiger partial charge in [-0.25, -0.2) is 0 Å². The van der Waals surface area contributed by atoms with Crippen LogP contribution in [0.1, 0.15) is 24.3 Å². The van der Waals surface area contributed by atoms with Crippen LogP contribution in [-0.2, 0) is 6.42 Å². The summed E-state index contributed by atoms with van der Waals surface area (Å²) in [7, 11) is 0. The standard InChI is InChI=1S/C12H14N2O3/c1-7-4-5-16-11(7)12-13-10(17-14-12)6-9(15)8-2-3-8/h4-5,8-9,15H,2-3,6H2,1H3. The highest BCUT2D eigenvalue weighted by molar-refractivity contribution is 5.50. The Balaban J connectivity index is 1.76. The Bertz CT molecular complexity index is 513. The van der Waals surface area contributed by atoms with E-state index in [2.05, 4.69) is 10.1 Å². The largest absolute Gasteiger partial charge is 0.461 e. The van der Waals surface area contributed by atoms with E-state index in [0.29, 0.717) is 29.8 Å². The number of aliphatic hydroxyl groups excluding tert-OH is 1. The van der Waals surface area contributed by atoms with Crippen LogP contribution in [0.2, 0.25) is 0 Å². The maximum atomic E-state index is 9.79. The van der Waals surface area contributed by atoms with E-state index in [-0.39, 0.29) is 6.10 Å². The first-order valence-electron chi connectivity index (χ1n) is 5.79. The topological polar surface area (TPSA) is 72.3 Å². The molecule has 2 heterocycles. The Labute approximate surface area is 98.4 Å². The van der Waals surface area contributed by atoms with Gasteiger partial charge in [-0.05, 0) is 37.3 Å². The molecule has 1 atom stereocenters. The fourth-order valence-electron chi connectivity index (χ4n) is 1.86. The molecule has 0 spiro atoms. The highest BCUT2D eigenvalue weighted by Gasteiger charge is 2.31. The molecular weight excluding hydrogens is 220 g/mol. The summed E-state index contributed by atoms with van der Waals surface area (Å²) in [6, 6.07) is 1.85. The summed E-state index contributed by atoms with van der Waals surface area (Å²) in [4.78, 5) is 4.23. The first kappa shape index (κ1) is 10.5. The molecular formula is C12H14N2O3. The summed E-state index contributed by atoms with van der Waals surface area (Å²) in [5, 5.41) is 13.6. The monoisotopic (exact) mass is 234 g/mol. The van der Waals surface area contributed by atoms with Gasteiger partial charge >= 0.3 is 0 Å². The van der Waals surface area contributed by atoms with Crippen LogP contribution in [0.5, 0.6) is 0 Å². The minimum Gasteiger partial charge on any atom is -0.461 e. The van der Waals surface area contributed by atoms with Gasteiger partial charge in [-0.2, -0.15) is 4.98 Å².